The van der Waals surface area contributed by atoms with Crippen LogP contribution in [0.3, 0.4) is 0 Å². The highest BCUT2D eigenvalue weighted by molar-refractivity contribution is 5.94. The predicted octanol–water partition coefficient (Wildman–Crippen LogP) is 2.97. The van der Waals surface area contributed by atoms with Crippen molar-refractivity contribution in [1.82, 2.24) is 20.1 Å². The Morgan fingerprint density at radius 2 is 2.04 bits per heavy atom. The van der Waals surface area contributed by atoms with Crippen molar-refractivity contribution in [1.29, 1.82) is 0 Å². The molecule has 0 aliphatic carbocycles. The first-order valence-electron chi connectivity index (χ1n) is 8.12. The van der Waals surface area contributed by atoms with Gasteiger partial charge in [-0.05, 0) is 42.3 Å². The molecule has 0 radical (unpaired) electrons. The van der Waals surface area contributed by atoms with Gasteiger partial charge in [0.05, 0.1) is 19.7 Å². The van der Waals surface area contributed by atoms with Crippen molar-refractivity contribution in [3.05, 3.63) is 77.6 Å². The highest BCUT2D eigenvalue weighted by atomic mass is 19.1. The van der Waals surface area contributed by atoms with Crippen LogP contribution in [0.25, 0.3) is 0 Å². The van der Waals surface area contributed by atoms with Gasteiger partial charge in [0.25, 0.3) is 5.91 Å². The van der Waals surface area contributed by atoms with Crippen LogP contribution in [0.1, 0.15) is 34.5 Å². The molecule has 3 rings (SSSR count). The summed E-state index contributed by atoms with van der Waals surface area (Å²) in [6, 6.07) is 11.6. The van der Waals surface area contributed by atoms with Crippen LogP contribution in [0.2, 0.25) is 0 Å². The number of benzene rings is 2. The molecule has 3 aromatic rings. The molecule has 1 N–H and O–H groups in total. The van der Waals surface area contributed by atoms with Crippen molar-refractivity contribution in [2.45, 2.75) is 19.5 Å². The smallest absolute Gasteiger partial charge is 0.251 e. The summed E-state index contributed by atoms with van der Waals surface area (Å²) < 4.78 is 20.4. The summed E-state index contributed by atoms with van der Waals surface area (Å²) in [5.41, 5.74) is 2.21. The minimum absolute atomic E-state index is 0.176. The van der Waals surface area contributed by atoms with Crippen LogP contribution in [-0.4, -0.2) is 27.8 Å². The first-order chi connectivity index (χ1) is 12.6. The number of methoxy groups -OCH3 is 1. The zero-order valence-corrected chi connectivity index (χ0v) is 14.5. The van der Waals surface area contributed by atoms with Gasteiger partial charge in [0, 0.05) is 5.56 Å². The van der Waals surface area contributed by atoms with E-state index in [0.717, 1.165) is 5.56 Å². The number of hydrogen-bond acceptors (Lipinski definition) is 4. The zero-order valence-electron chi connectivity index (χ0n) is 14.5. The molecule has 0 saturated heterocycles. The molecule has 0 fully saturated rings. The number of nitrogens with zero attached hydrogens (tertiary/aromatic N) is 3. The van der Waals surface area contributed by atoms with Gasteiger partial charge in [-0.1, -0.05) is 18.2 Å². The molecule has 0 aliphatic rings. The second-order valence-electron chi connectivity index (χ2n) is 5.88. The molecule has 1 aromatic heterocycles. The lowest BCUT2D eigenvalue weighted by molar-refractivity contribution is 0.0940. The molecule has 26 heavy (non-hydrogen) atoms. The van der Waals surface area contributed by atoms with E-state index in [1.165, 1.54) is 19.5 Å². The summed E-state index contributed by atoms with van der Waals surface area (Å²) in [4.78, 5) is 16.3. The first-order valence-corrected chi connectivity index (χ1v) is 8.12. The van der Waals surface area contributed by atoms with Gasteiger partial charge in [-0.2, -0.15) is 5.10 Å². The summed E-state index contributed by atoms with van der Waals surface area (Å²) in [5.74, 6) is -0.500. The van der Waals surface area contributed by atoms with Crippen LogP contribution in [0.15, 0.2) is 55.1 Å². The van der Waals surface area contributed by atoms with Gasteiger partial charge in [-0.15, -0.1) is 0 Å². The zero-order chi connectivity index (χ0) is 18.5. The maximum Gasteiger partial charge on any atom is 0.251 e. The van der Waals surface area contributed by atoms with Crippen LogP contribution in [0.5, 0.6) is 5.75 Å². The molecule has 1 amide bonds. The number of ether oxygens (including phenoxy) is 1. The summed E-state index contributed by atoms with van der Waals surface area (Å²) >= 11 is 0. The monoisotopic (exact) mass is 354 g/mol. The van der Waals surface area contributed by atoms with Crippen molar-refractivity contribution in [2.75, 3.05) is 7.11 Å². The van der Waals surface area contributed by atoms with E-state index in [1.54, 1.807) is 42.2 Å². The Morgan fingerprint density at radius 1 is 1.27 bits per heavy atom. The molecule has 2 aromatic carbocycles. The van der Waals surface area contributed by atoms with Gasteiger partial charge < -0.3 is 10.1 Å². The molecule has 0 aliphatic heterocycles. The summed E-state index contributed by atoms with van der Waals surface area (Å²) in [5, 5.41) is 6.92. The molecular formula is C19H19FN4O2. The average Bonchev–Trinajstić information content (AvgIpc) is 3.15. The molecule has 0 saturated carbocycles. The molecule has 1 heterocycles. The van der Waals surface area contributed by atoms with E-state index in [4.69, 9.17) is 4.74 Å². The Morgan fingerprint density at radius 3 is 2.65 bits per heavy atom. The third kappa shape index (κ3) is 4.05. The number of amides is 1. The van der Waals surface area contributed by atoms with E-state index < -0.39 is 5.82 Å². The van der Waals surface area contributed by atoms with Gasteiger partial charge in [0.15, 0.2) is 11.6 Å². The maximum absolute atomic E-state index is 13.8. The second-order valence-corrected chi connectivity index (χ2v) is 5.88. The number of carbonyl (C=O) groups is 1. The molecule has 134 valence electrons. The highest BCUT2D eigenvalue weighted by Crippen LogP contribution is 2.22. The van der Waals surface area contributed by atoms with Crippen molar-refractivity contribution >= 4 is 5.91 Å². The summed E-state index contributed by atoms with van der Waals surface area (Å²) in [7, 11) is 1.41. The summed E-state index contributed by atoms with van der Waals surface area (Å²) in [6.07, 6.45) is 3.11. The van der Waals surface area contributed by atoms with E-state index in [9.17, 15) is 9.18 Å². The normalized spacial score (nSPS) is 11.8. The minimum Gasteiger partial charge on any atom is -0.494 e. The predicted molar refractivity (Wildman–Crippen MR) is 94.4 cm³/mol. The molecule has 1 unspecified atom stereocenters. The van der Waals surface area contributed by atoms with E-state index in [1.807, 2.05) is 12.1 Å². The minimum atomic E-state index is -0.455. The van der Waals surface area contributed by atoms with Gasteiger partial charge in [0.1, 0.15) is 12.7 Å². The Bertz CT molecular complexity index is 879. The Balaban J connectivity index is 1.64. The Hall–Kier alpha value is -3.22. The molecule has 1 atom stereocenters. The molecule has 7 heteroatoms. The fourth-order valence-corrected chi connectivity index (χ4v) is 2.58. The number of nitrogens with one attached hydrogen (secondary N) is 1. The lowest BCUT2D eigenvalue weighted by Crippen LogP contribution is -2.26. The second kappa shape index (κ2) is 7.77. The van der Waals surface area contributed by atoms with Crippen LogP contribution in [-0.2, 0) is 6.54 Å². The topological polar surface area (TPSA) is 69.0 Å². The van der Waals surface area contributed by atoms with Crippen LogP contribution >= 0.6 is 0 Å². The molecule has 6 nitrogen and oxygen atoms in total. The van der Waals surface area contributed by atoms with Gasteiger partial charge in [-0.3, -0.25) is 4.79 Å². The lowest BCUT2D eigenvalue weighted by Gasteiger charge is -2.15. The quantitative estimate of drug-likeness (QED) is 0.739. The lowest BCUT2D eigenvalue weighted by atomic mass is 10.1. The maximum atomic E-state index is 13.8. The first kappa shape index (κ1) is 17.6. The Labute approximate surface area is 150 Å². The van der Waals surface area contributed by atoms with Crippen LogP contribution in [0, 0.1) is 5.82 Å². The van der Waals surface area contributed by atoms with Crippen molar-refractivity contribution in [3.63, 3.8) is 0 Å². The fraction of sp³-hybridized carbons (Fsp3) is 0.211. The van der Waals surface area contributed by atoms with Crippen LogP contribution in [0.4, 0.5) is 4.39 Å². The van der Waals surface area contributed by atoms with Gasteiger partial charge in [0.2, 0.25) is 0 Å². The van der Waals surface area contributed by atoms with E-state index >= 15 is 0 Å². The van der Waals surface area contributed by atoms with E-state index in [-0.39, 0.29) is 17.7 Å². The van der Waals surface area contributed by atoms with Crippen molar-refractivity contribution in [2.24, 2.45) is 0 Å². The standard InChI is InChI=1S/C19H19FN4O2/c1-13(16-7-8-18(26-2)17(20)9-16)23-19(25)15-5-3-14(4-6-15)10-24-12-21-11-22-24/h3-9,11-13H,10H2,1-2H3,(H,23,25). The Kier molecular flexibility index (Phi) is 5.26. The third-order valence-corrected chi connectivity index (χ3v) is 4.05. The van der Waals surface area contributed by atoms with Crippen LogP contribution < -0.4 is 10.1 Å². The van der Waals surface area contributed by atoms with E-state index in [0.29, 0.717) is 17.7 Å². The SMILES string of the molecule is COc1ccc(C(C)NC(=O)c2ccc(Cn3cncn3)cc2)cc1F. The summed E-state index contributed by atoms with van der Waals surface area (Å²) in [6.45, 7) is 2.39. The number of aromatic nitrogens is 3. The van der Waals surface area contributed by atoms with Crippen molar-refractivity contribution < 1.29 is 13.9 Å². The van der Waals surface area contributed by atoms with Gasteiger partial charge in [-0.25, -0.2) is 14.1 Å². The number of halogens is 1. The number of carbonyl (C=O) groups excluding carboxylic acids is 1. The van der Waals surface area contributed by atoms with Crippen molar-refractivity contribution in [3.8, 4) is 5.75 Å². The molecular weight excluding hydrogens is 335 g/mol. The average molecular weight is 354 g/mol. The van der Waals surface area contributed by atoms with E-state index in [2.05, 4.69) is 15.4 Å². The molecule has 0 spiro atoms. The number of hydrogen-bond donors (Lipinski definition) is 1. The fourth-order valence-electron chi connectivity index (χ4n) is 2.58. The third-order valence-electron chi connectivity index (χ3n) is 4.05. The number of rotatable bonds is 6. The highest BCUT2D eigenvalue weighted by Gasteiger charge is 2.13. The van der Waals surface area contributed by atoms with Gasteiger partial charge >= 0.3 is 0 Å². The largest absolute Gasteiger partial charge is 0.494 e. The molecule has 0 bridgehead atoms.